The van der Waals surface area contributed by atoms with Gasteiger partial charge in [-0.05, 0) is 34.9 Å². The average molecular weight is 341 g/mol. The predicted molar refractivity (Wildman–Crippen MR) is 90.2 cm³/mol. The Bertz CT molecular complexity index is 713. The molecule has 2 unspecified atom stereocenters. The molecule has 1 aliphatic carbocycles. The van der Waals surface area contributed by atoms with Crippen LogP contribution in [0.5, 0.6) is 0 Å². The van der Waals surface area contributed by atoms with Crippen LogP contribution in [0.4, 0.5) is 0 Å². The van der Waals surface area contributed by atoms with Crippen LogP contribution in [-0.4, -0.2) is 5.25 Å². The maximum atomic E-state index is 3.49. The van der Waals surface area contributed by atoms with Gasteiger partial charge in [0.25, 0.3) is 0 Å². The second kappa shape index (κ2) is 4.94. The molecule has 0 fully saturated rings. The molecule has 2 aromatic carbocycles. The summed E-state index contributed by atoms with van der Waals surface area (Å²) in [4.78, 5) is 1.43. The van der Waals surface area contributed by atoms with Crippen molar-refractivity contribution in [1.82, 2.24) is 0 Å². The fourth-order valence-corrected chi connectivity index (χ4v) is 4.51. The Kier molecular flexibility index (Phi) is 3.08. The second-order valence-corrected chi connectivity index (χ2v) is 7.27. The third-order valence-electron chi connectivity index (χ3n) is 3.90. The summed E-state index contributed by atoms with van der Waals surface area (Å²) >= 11 is 5.47. The van der Waals surface area contributed by atoms with Crippen molar-refractivity contribution < 1.29 is 0 Å². The van der Waals surface area contributed by atoms with E-state index in [0.29, 0.717) is 11.2 Å². The molecular weight excluding hydrogens is 328 g/mol. The smallest absolute Gasteiger partial charge is 0.0381 e. The molecule has 0 radical (unpaired) electrons. The number of allylic oxidation sites excluding steroid dienone is 3. The lowest BCUT2D eigenvalue weighted by Gasteiger charge is -2.14. The van der Waals surface area contributed by atoms with E-state index in [1.807, 2.05) is 11.8 Å². The van der Waals surface area contributed by atoms with Gasteiger partial charge in [-0.25, -0.2) is 0 Å². The largest absolute Gasteiger partial charge is 0.117 e. The number of benzene rings is 2. The van der Waals surface area contributed by atoms with E-state index < -0.39 is 0 Å². The van der Waals surface area contributed by atoms with Crippen LogP contribution in [0, 0.1) is 0 Å². The Morgan fingerprint density at radius 2 is 1.60 bits per heavy atom. The highest BCUT2D eigenvalue weighted by atomic mass is 79.9. The molecule has 0 N–H and O–H groups in total. The van der Waals surface area contributed by atoms with Gasteiger partial charge in [-0.1, -0.05) is 64.5 Å². The summed E-state index contributed by atoms with van der Waals surface area (Å²) in [5.41, 5.74) is 4.05. The third-order valence-corrected chi connectivity index (χ3v) is 5.76. The van der Waals surface area contributed by atoms with Crippen LogP contribution >= 0.6 is 27.7 Å². The van der Waals surface area contributed by atoms with Crippen LogP contribution in [0.25, 0.3) is 11.1 Å². The molecule has 0 spiro atoms. The van der Waals surface area contributed by atoms with E-state index in [4.69, 9.17) is 0 Å². The summed E-state index contributed by atoms with van der Waals surface area (Å²) in [6.45, 7) is 0. The predicted octanol–water partition coefficient (Wildman–Crippen LogP) is 5.80. The molecule has 0 bridgehead atoms. The monoisotopic (exact) mass is 340 g/mol. The summed E-state index contributed by atoms with van der Waals surface area (Å²) in [6, 6.07) is 15.4. The molecule has 0 nitrogen and oxygen atoms in total. The summed E-state index contributed by atoms with van der Waals surface area (Å²) in [7, 11) is 0. The Balaban J connectivity index is 1.75. The Hall–Kier alpha value is -1.25. The molecule has 98 valence electrons. The highest BCUT2D eigenvalue weighted by Crippen LogP contribution is 2.48. The molecule has 2 heteroatoms. The normalized spacial score (nSPS) is 22.6. The maximum Gasteiger partial charge on any atom is 0.0381 e. The van der Waals surface area contributed by atoms with Crippen molar-refractivity contribution in [2.75, 3.05) is 0 Å². The minimum absolute atomic E-state index is 0.555. The fourth-order valence-electron chi connectivity index (χ4n) is 2.86. The van der Waals surface area contributed by atoms with Gasteiger partial charge >= 0.3 is 0 Å². The molecular formula is C18H13BrS. The van der Waals surface area contributed by atoms with Gasteiger partial charge < -0.3 is 0 Å². The minimum Gasteiger partial charge on any atom is -0.117 e. The van der Waals surface area contributed by atoms with E-state index in [1.54, 1.807) is 0 Å². The first-order valence-electron chi connectivity index (χ1n) is 6.73. The van der Waals surface area contributed by atoms with E-state index in [0.717, 1.165) is 4.47 Å². The van der Waals surface area contributed by atoms with Gasteiger partial charge in [0.2, 0.25) is 0 Å². The van der Waals surface area contributed by atoms with Crippen molar-refractivity contribution >= 4 is 27.7 Å². The van der Waals surface area contributed by atoms with Gasteiger partial charge in [-0.3, -0.25) is 0 Å². The number of hydrogen-bond acceptors (Lipinski definition) is 1. The fraction of sp³-hybridized carbons (Fsp3) is 0.111. The van der Waals surface area contributed by atoms with Crippen LogP contribution in [-0.2, 0) is 0 Å². The minimum atomic E-state index is 0.555. The summed E-state index contributed by atoms with van der Waals surface area (Å²) in [6.07, 6.45) is 8.96. The summed E-state index contributed by atoms with van der Waals surface area (Å²) < 4.78 is 1.12. The van der Waals surface area contributed by atoms with Crippen molar-refractivity contribution in [3.8, 4) is 11.1 Å². The third kappa shape index (κ3) is 2.07. The quantitative estimate of drug-likeness (QED) is 0.632. The van der Waals surface area contributed by atoms with Crippen molar-refractivity contribution in [1.29, 1.82) is 0 Å². The number of halogens is 1. The number of hydrogen-bond donors (Lipinski definition) is 0. The maximum absolute atomic E-state index is 3.49. The molecule has 0 amide bonds. The zero-order valence-electron chi connectivity index (χ0n) is 10.8. The van der Waals surface area contributed by atoms with Crippen LogP contribution in [0.3, 0.4) is 0 Å². The molecule has 1 heterocycles. The van der Waals surface area contributed by atoms with E-state index in [2.05, 4.69) is 82.7 Å². The first-order chi connectivity index (χ1) is 9.81. The van der Waals surface area contributed by atoms with Crippen molar-refractivity contribution in [3.63, 3.8) is 0 Å². The SMILES string of the molecule is Brc1ccc(-c2ccc3c(c2)SC2C=CC=CC32)cc1. The van der Waals surface area contributed by atoms with Crippen molar-refractivity contribution in [3.05, 3.63) is 76.8 Å². The summed E-state index contributed by atoms with van der Waals surface area (Å²) in [5, 5.41) is 0.579. The molecule has 2 aliphatic rings. The van der Waals surface area contributed by atoms with E-state index in [1.165, 1.54) is 21.6 Å². The van der Waals surface area contributed by atoms with Gasteiger partial charge in [-0.15, -0.1) is 11.8 Å². The van der Waals surface area contributed by atoms with Crippen LogP contribution in [0.1, 0.15) is 11.5 Å². The Morgan fingerprint density at radius 1 is 0.850 bits per heavy atom. The first kappa shape index (κ1) is 12.5. The lowest BCUT2D eigenvalue weighted by molar-refractivity contribution is 0.881. The zero-order valence-corrected chi connectivity index (χ0v) is 13.2. The lowest BCUT2D eigenvalue weighted by atomic mass is 9.91. The molecule has 2 atom stereocenters. The standard InChI is InChI=1S/C18H13BrS/c19-14-8-5-12(6-9-14)13-7-10-16-15-3-1-2-4-17(15)20-18(16)11-13/h1-11,15,17H. The lowest BCUT2D eigenvalue weighted by Crippen LogP contribution is -2.06. The van der Waals surface area contributed by atoms with Gasteiger partial charge in [-0.2, -0.15) is 0 Å². The van der Waals surface area contributed by atoms with Crippen LogP contribution in [0.15, 0.2) is 76.1 Å². The Labute approximate surface area is 131 Å². The molecule has 0 saturated heterocycles. The topological polar surface area (TPSA) is 0 Å². The Morgan fingerprint density at radius 3 is 2.45 bits per heavy atom. The second-order valence-electron chi connectivity index (χ2n) is 5.14. The molecule has 1 aliphatic heterocycles. The average Bonchev–Trinajstić information content (AvgIpc) is 2.85. The number of fused-ring (bicyclic) bond motifs is 3. The van der Waals surface area contributed by atoms with Crippen molar-refractivity contribution in [2.45, 2.75) is 16.1 Å². The van der Waals surface area contributed by atoms with Gasteiger partial charge in [0.1, 0.15) is 0 Å². The number of thioether (sulfide) groups is 1. The first-order valence-corrected chi connectivity index (χ1v) is 8.40. The van der Waals surface area contributed by atoms with E-state index in [-0.39, 0.29) is 0 Å². The number of rotatable bonds is 1. The molecule has 0 aromatic heterocycles. The van der Waals surface area contributed by atoms with Gasteiger partial charge in [0.05, 0.1) is 0 Å². The zero-order chi connectivity index (χ0) is 13.5. The molecule has 0 saturated carbocycles. The van der Waals surface area contributed by atoms with Crippen LogP contribution < -0.4 is 0 Å². The van der Waals surface area contributed by atoms with E-state index in [9.17, 15) is 0 Å². The van der Waals surface area contributed by atoms with Crippen molar-refractivity contribution in [2.24, 2.45) is 0 Å². The van der Waals surface area contributed by atoms with E-state index >= 15 is 0 Å². The van der Waals surface area contributed by atoms with Crippen LogP contribution in [0.2, 0.25) is 0 Å². The molecule has 4 rings (SSSR count). The molecule has 2 aromatic rings. The highest BCUT2D eigenvalue weighted by Gasteiger charge is 2.30. The molecule has 20 heavy (non-hydrogen) atoms. The van der Waals surface area contributed by atoms with Gasteiger partial charge in [0.15, 0.2) is 0 Å². The van der Waals surface area contributed by atoms with Gasteiger partial charge in [0, 0.05) is 20.5 Å². The summed E-state index contributed by atoms with van der Waals surface area (Å²) in [5.74, 6) is 0.555. The highest BCUT2D eigenvalue weighted by molar-refractivity contribution is 9.10.